The summed E-state index contributed by atoms with van der Waals surface area (Å²) >= 11 is 12.8. The van der Waals surface area contributed by atoms with Crippen LogP contribution in [0, 0.1) is 0 Å². The van der Waals surface area contributed by atoms with Gasteiger partial charge in [-0.1, -0.05) is 46.6 Å². The lowest BCUT2D eigenvalue weighted by molar-refractivity contribution is 0.0995. The number of rotatable bonds is 7. The Morgan fingerprint density at radius 2 is 1.91 bits per heavy atom. The molecule has 0 saturated carbocycles. The molecule has 9 heteroatoms. The van der Waals surface area contributed by atoms with E-state index in [1.165, 1.54) is 0 Å². The van der Waals surface area contributed by atoms with Gasteiger partial charge in [-0.05, 0) is 55.0 Å². The second-order valence-electron chi connectivity index (χ2n) is 7.46. The first-order valence-corrected chi connectivity index (χ1v) is 11.3. The molecule has 34 heavy (non-hydrogen) atoms. The van der Waals surface area contributed by atoms with Crippen molar-refractivity contribution >= 4 is 39.9 Å². The predicted octanol–water partition coefficient (Wildman–Crippen LogP) is 6.07. The maximum absolute atomic E-state index is 13.5. The van der Waals surface area contributed by atoms with Crippen LogP contribution in [-0.4, -0.2) is 32.1 Å². The van der Waals surface area contributed by atoms with Crippen LogP contribution in [0.4, 0.5) is 0 Å². The zero-order valence-corrected chi connectivity index (χ0v) is 19.5. The number of fused-ring (bicyclic) bond motifs is 1. The Balaban J connectivity index is 1.61. The summed E-state index contributed by atoms with van der Waals surface area (Å²) in [6.45, 7) is 2.83. The van der Waals surface area contributed by atoms with Crippen molar-refractivity contribution < 1.29 is 14.1 Å². The zero-order chi connectivity index (χ0) is 23.7. The number of halogens is 2. The molecule has 0 spiro atoms. The number of pyridine rings is 1. The lowest BCUT2D eigenvalue weighted by Gasteiger charge is -2.08. The lowest BCUT2D eigenvalue weighted by atomic mass is 10.1. The second-order valence-corrected chi connectivity index (χ2v) is 8.25. The summed E-state index contributed by atoms with van der Waals surface area (Å²) in [5, 5.41) is 5.46. The van der Waals surface area contributed by atoms with Gasteiger partial charge in [-0.2, -0.15) is 4.98 Å². The van der Waals surface area contributed by atoms with Crippen LogP contribution in [0.15, 0.2) is 71.4 Å². The van der Waals surface area contributed by atoms with E-state index < -0.39 is 5.78 Å². The molecule has 0 unspecified atom stereocenters. The summed E-state index contributed by atoms with van der Waals surface area (Å²) in [7, 11) is 0. The highest BCUT2D eigenvalue weighted by atomic mass is 35.5. The molecular formula is C25H18Cl2N4O3. The fraction of sp³-hybridized carbons (Fsp3) is 0.120. The molecule has 5 rings (SSSR count). The van der Waals surface area contributed by atoms with E-state index in [1.54, 1.807) is 30.5 Å². The van der Waals surface area contributed by atoms with Crippen LogP contribution >= 0.6 is 23.2 Å². The number of nitrogens with zero attached hydrogens (tertiary/aromatic N) is 4. The minimum absolute atomic E-state index is 0.171. The summed E-state index contributed by atoms with van der Waals surface area (Å²) in [6, 6.07) is 18.3. The van der Waals surface area contributed by atoms with Crippen molar-refractivity contribution in [3.8, 4) is 17.3 Å². The Morgan fingerprint density at radius 1 is 1.09 bits per heavy atom. The standard InChI is InChI=1S/C25H18Cl2N4O3/c1-2-33-17-10-11-20-18(13-17)21(23(27)31(20)14-15-6-8-16(26)9-7-15)22(32)25-29-24(30-34-25)19-5-3-4-12-28-19/h3-13H,2,14H2,1H3. The summed E-state index contributed by atoms with van der Waals surface area (Å²) < 4.78 is 12.8. The van der Waals surface area contributed by atoms with Crippen molar-refractivity contribution in [2.24, 2.45) is 0 Å². The van der Waals surface area contributed by atoms with Crippen LogP contribution in [0.2, 0.25) is 10.2 Å². The minimum atomic E-state index is -0.479. The van der Waals surface area contributed by atoms with Crippen molar-refractivity contribution in [2.45, 2.75) is 13.5 Å². The average Bonchev–Trinajstić information content (AvgIpc) is 3.45. The molecule has 0 atom stereocenters. The fourth-order valence-electron chi connectivity index (χ4n) is 3.72. The third-order valence-corrected chi connectivity index (χ3v) is 5.92. The van der Waals surface area contributed by atoms with Gasteiger partial charge in [0.2, 0.25) is 5.82 Å². The van der Waals surface area contributed by atoms with Gasteiger partial charge in [0.1, 0.15) is 16.6 Å². The van der Waals surface area contributed by atoms with Gasteiger partial charge >= 0.3 is 0 Å². The molecular weight excluding hydrogens is 475 g/mol. The van der Waals surface area contributed by atoms with E-state index in [0.29, 0.717) is 35.0 Å². The third kappa shape index (κ3) is 4.16. The first kappa shape index (κ1) is 22.1. The molecule has 0 fully saturated rings. The Labute approximate surface area is 204 Å². The van der Waals surface area contributed by atoms with Crippen LogP contribution < -0.4 is 4.74 Å². The van der Waals surface area contributed by atoms with Gasteiger partial charge in [0.05, 0.1) is 17.7 Å². The largest absolute Gasteiger partial charge is 0.494 e. The third-order valence-electron chi connectivity index (χ3n) is 5.28. The number of hydrogen-bond donors (Lipinski definition) is 0. The van der Waals surface area contributed by atoms with Gasteiger partial charge in [-0.25, -0.2) is 0 Å². The normalized spacial score (nSPS) is 11.1. The molecule has 0 N–H and O–H groups in total. The molecule has 0 saturated heterocycles. The van der Waals surface area contributed by atoms with Crippen molar-refractivity contribution in [2.75, 3.05) is 6.61 Å². The molecule has 7 nitrogen and oxygen atoms in total. The van der Waals surface area contributed by atoms with E-state index in [2.05, 4.69) is 15.1 Å². The van der Waals surface area contributed by atoms with Gasteiger partial charge in [0.25, 0.3) is 11.7 Å². The highest BCUT2D eigenvalue weighted by Gasteiger charge is 2.27. The van der Waals surface area contributed by atoms with Gasteiger partial charge < -0.3 is 13.8 Å². The van der Waals surface area contributed by atoms with Crippen molar-refractivity contribution in [1.29, 1.82) is 0 Å². The first-order valence-electron chi connectivity index (χ1n) is 10.5. The number of ketones is 1. The van der Waals surface area contributed by atoms with Gasteiger partial charge in [-0.3, -0.25) is 9.78 Å². The lowest BCUT2D eigenvalue weighted by Crippen LogP contribution is -2.04. The Morgan fingerprint density at radius 3 is 2.65 bits per heavy atom. The Bertz CT molecular complexity index is 1480. The molecule has 0 aliphatic rings. The minimum Gasteiger partial charge on any atom is -0.494 e. The van der Waals surface area contributed by atoms with E-state index in [0.717, 1.165) is 11.1 Å². The van der Waals surface area contributed by atoms with Crippen molar-refractivity contribution in [3.05, 3.63) is 94.1 Å². The topological polar surface area (TPSA) is 83.0 Å². The van der Waals surface area contributed by atoms with E-state index in [4.69, 9.17) is 32.5 Å². The van der Waals surface area contributed by atoms with Crippen molar-refractivity contribution in [3.63, 3.8) is 0 Å². The molecule has 0 aliphatic heterocycles. The van der Waals surface area contributed by atoms with Crippen LogP contribution in [-0.2, 0) is 6.54 Å². The van der Waals surface area contributed by atoms with E-state index in [1.807, 2.05) is 47.9 Å². The molecule has 170 valence electrons. The molecule has 0 radical (unpaired) electrons. The molecule has 2 aromatic carbocycles. The summed E-state index contributed by atoms with van der Waals surface area (Å²) in [5.41, 5.74) is 2.52. The van der Waals surface area contributed by atoms with Gasteiger partial charge in [-0.15, -0.1) is 0 Å². The van der Waals surface area contributed by atoms with Gasteiger partial charge in [0, 0.05) is 23.2 Å². The van der Waals surface area contributed by atoms with Gasteiger partial charge in [0.15, 0.2) is 0 Å². The predicted molar refractivity (Wildman–Crippen MR) is 130 cm³/mol. The summed E-state index contributed by atoms with van der Waals surface area (Å²) in [6.07, 6.45) is 1.61. The van der Waals surface area contributed by atoms with Crippen molar-refractivity contribution in [1.82, 2.24) is 19.7 Å². The monoisotopic (exact) mass is 492 g/mol. The molecule has 0 bridgehead atoms. The Kier molecular flexibility index (Phi) is 6.04. The van der Waals surface area contributed by atoms with E-state index in [-0.39, 0.29) is 22.4 Å². The van der Waals surface area contributed by atoms with Crippen LogP contribution in [0.1, 0.15) is 28.7 Å². The highest BCUT2D eigenvalue weighted by molar-refractivity contribution is 6.36. The number of carbonyl (C=O) groups is 1. The first-order chi connectivity index (χ1) is 16.5. The summed E-state index contributed by atoms with van der Waals surface area (Å²) in [4.78, 5) is 22.0. The molecule has 0 amide bonds. The smallest absolute Gasteiger partial charge is 0.299 e. The van der Waals surface area contributed by atoms with Crippen LogP contribution in [0.5, 0.6) is 5.75 Å². The molecule has 3 heterocycles. The fourth-order valence-corrected chi connectivity index (χ4v) is 4.19. The molecule has 0 aliphatic carbocycles. The average molecular weight is 493 g/mol. The molecule has 5 aromatic rings. The second kappa shape index (κ2) is 9.29. The Hall–Kier alpha value is -3.68. The van der Waals surface area contributed by atoms with E-state index >= 15 is 0 Å². The maximum atomic E-state index is 13.5. The zero-order valence-electron chi connectivity index (χ0n) is 18.0. The van der Waals surface area contributed by atoms with Crippen LogP contribution in [0.25, 0.3) is 22.4 Å². The maximum Gasteiger partial charge on any atom is 0.299 e. The number of benzene rings is 2. The number of ether oxygens (including phenoxy) is 1. The number of carbonyl (C=O) groups excluding carboxylic acids is 1. The SMILES string of the molecule is CCOc1ccc2c(c1)c(C(=O)c1nc(-c3ccccn3)no1)c(Cl)n2Cc1ccc(Cl)cc1. The highest BCUT2D eigenvalue weighted by Crippen LogP contribution is 2.35. The number of aromatic nitrogens is 4. The quantitative estimate of drug-likeness (QED) is 0.256. The number of hydrogen-bond acceptors (Lipinski definition) is 6. The van der Waals surface area contributed by atoms with Crippen LogP contribution in [0.3, 0.4) is 0 Å². The summed E-state index contributed by atoms with van der Waals surface area (Å²) in [5.74, 6) is 0.201. The van der Waals surface area contributed by atoms with E-state index in [9.17, 15) is 4.79 Å². The molecule has 3 aromatic heterocycles.